The summed E-state index contributed by atoms with van der Waals surface area (Å²) in [5, 5.41) is 0. The average Bonchev–Trinajstić information content (AvgIpc) is 3.02. The van der Waals surface area contributed by atoms with E-state index in [-0.39, 0.29) is 92.9 Å². The molecule has 0 rings (SSSR count). The van der Waals surface area contributed by atoms with Crippen LogP contribution in [0.1, 0.15) is 196 Å². The Morgan fingerprint density at radius 1 is 0.311 bits per heavy atom. The number of ether oxygens (including phenoxy) is 4. The highest BCUT2D eigenvalue weighted by Crippen LogP contribution is 2.36. The quantitative estimate of drug-likeness (QED) is 0.0556. The molecule has 10 nitrogen and oxygen atoms in total. The normalized spacial score (nSPS) is 13.7. The number of hydrogen-bond acceptors (Lipinski definition) is 10. The first-order valence-corrected chi connectivity index (χ1v) is 23.3. The minimum absolute atomic E-state index is 0.115. The van der Waals surface area contributed by atoms with Gasteiger partial charge >= 0.3 is 23.9 Å². The van der Waals surface area contributed by atoms with Gasteiger partial charge in [0.25, 0.3) is 0 Å². The number of hydrogen-bond donors (Lipinski definition) is 0. The lowest BCUT2D eigenvalue weighted by Crippen LogP contribution is -2.36. The molecule has 0 aromatic carbocycles. The monoisotopic (exact) mass is 867 g/mol. The molecule has 10 heteroatoms. The Bertz CT molecular complexity index is 1130. The molecule has 61 heavy (non-hydrogen) atoms. The topological polar surface area (TPSA) is 112 Å². The van der Waals surface area contributed by atoms with Gasteiger partial charge in [-0.1, -0.05) is 138 Å². The predicted molar refractivity (Wildman–Crippen MR) is 251 cm³/mol. The van der Waals surface area contributed by atoms with Crippen molar-refractivity contribution in [2.45, 2.75) is 196 Å². The molecule has 0 spiro atoms. The minimum atomic E-state index is -0.256. The molecule has 0 saturated carbocycles. The van der Waals surface area contributed by atoms with E-state index in [0.717, 1.165) is 25.7 Å². The molecule has 0 heterocycles. The van der Waals surface area contributed by atoms with Crippen LogP contribution >= 0.6 is 0 Å². The third kappa shape index (κ3) is 34.9. The maximum absolute atomic E-state index is 13.0. The summed E-state index contributed by atoms with van der Waals surface area (Å²) >= 11 is 0. The Morgan fingerprint density at radius 2 is 0.492 bits per heavy atom. The summed E-state index contributed by atoms with van der Waals surface area (Å²) in [5.74, 6) is -1.02. The van der Waals surface area contributed by atoms with Crippen LogP contribution in [0.25, 0.3) is 0 Å². The summed E-state index contributed by atoms with van der Waals surface area (Å²) in [6.45, 7) is 47.6. The molecule has 0 N–H and O–H groups in total. The van der Waals surface area contributed by atoms with Crippen molar-refractivity contribution in [3.8, 4) is 0 Å². The Kier molecular flexibility index (Phi) is 23.9. The third-order valence-corrected chi connectivity index (χ3v) is 10.0. The maximum atomic E-state index is 13.0. The number of nitrogens with zero attached hydrogens (tertiary/aromatic N) is 2. The van der Waals surface area contributed by atoms with E-state index in [4.69, 9.17) is 18.9 Å². The van der Waals surface area contributed by atoms with Crippen LogP contribution in [0.4, 0.5) is 0 Å². The van der Waals surface area contributed by atoms with Crippen LogP contribution in [0, 0.1) is 43.3 Å². The van der Waals surface area contributed by atoms with E-state index in [9.17, 15) is 19.2 Å². The molecule has 0 saturated heterocycles. The number of rotatable bonds is 28. The van der Waals surface area contributed by atoms with Crippen LogP contribution in [0.3, 0.4) is 0 Å². The van der Waals surface area contributed by atoms with Crippen LogP contribution in [-0.4, -0.2) is 99.4 Å². The summed E-state index contributed by atoms with van der Waals surface area (Å²) in [6.07, 6.45) is 5.21. The van der Waals surface area contributed by atoms with E-state index >= 15 is 0 Å². The van der Waals surface area contributed by atoms with Gasteiger partial charge in [-0.25, -0.2) is 0 Å². The highest BCUT2D eigenvalue weighted by molar-refractivity contribution is 5.71. The van der Waals surface area contributed by atoms with Crippen molar-refractivity contribution in [3.63, 3.8) is 0 Å². The van der Waals surface area contributed by atoms with E-state index in [1.807, 2.05) is 0 Å². The van der Waals surface area contributed by atoms with E-state index in [0.29, 0.717) is 72.1 Å². The van der Waals surface area contributed by atoms with Gasteiger partial charge in [0.1, 0.15) is 0 Å². The van der Waals surface area contributed by atoms with Gasteiger partial charge in [-0.2, -0.15) is 0 Å². The van der Waals surface area contributed by atoms with Crippen molar-refractivity contribution in [1.29, 1.82) is 0 Å². The fourth-order valence-electron chi connectivity index (χ4n) is 9.53. The Labute approximate surface area is 376 Å². The average molecular weight is 867 g/mol. The molecule has 0 aliphatic rings. The molecule has 0 aliphatic heterocycles. The van der Waals surface area contributed by atoms with Gasteiger partial charge in [-0.15, -0.1) is 0 Å². The van der Waals surface area contributed by atoms with Gasteiger partial charge in [0.2, 0.25) is 0 Å². The summed E-state index contributed by atoms with van der Waals surface area (Å²) in [4.78, 5) is 56.4. The van der Waals surface area contributed by atoms with E-state index in [1.54, 1.807) is 0 Å². The van der Waals surface area contributed by atoms with Gasteiger partial charge in [0.15, 0.2) is 0 Å². The second-order valence-corrected chi connectivity index (χ2v) is 26.3. The number of carbonyl (C=O) groups is 4. The summed E-state index contributed by atoms with van der Waals surface area (Å²) in [7, 11) is 0. The third-order valence-electron chi connectivity index (χ3n) is 10.0. The molecule has 0 unspecified atom stereocenters. The molecule has 0 amide bonds. The molecule has 0 aromatic rings. The molecule has 0 fully saturated rings. The fraction of sp³-hybridized carbons (Fsp3) is 0.922. The van der Waals surface area contributed by atoms with Crippen LogP contribution < -0.4 is 0 Å². The van der Waals surface area contributed by atoms with E-state index < -0.39 is 0 Å². The lowest BCUT2D eigenvalue weighted by molar-refractivity contribution is -0.149. The van der Waals surface area contributed by atoms with Crippen molar-refractivity contribution in [2.75, 3.05) is 65.7 Å². The van der Waals surface area contributed by atoms with Gasteiger partial charge in [-0.3, -0.25) is 19.2 Å². The van der Waals surface area contributed by atoms with Crippen molar-refractivity contribution >= 4 is 23.9 Å². The Balaban J connectivity index is 5.84. The molecule has 0 atom stereocenters. The van der Waals surface area contributed by atoms with Crippen LogP contribution in [0.5, 0.6) is 0 Å². The van der Waals surface area contributed by atoms with Gasteiger partial charge in [0, 0.05) is 26.2 Å². The van der Waals surface area contributed by atoms with E-state index in [1.165, 1.54) is 0 Å². The van der Waals surface area contributed by atoms with Gasteiger partial charge in [-0.05, 0) is 88.5 Å². The molecular formula is C51H98N2O8. The van der Waals surface area contributed by atoms with Crippen LogP contribution in [0.2, 0.25) is 0 Å². The van der Waals surface area contributed by atoms with Gasteiger partial charge in [0.05, 0.1) is 52.1 Å². The molecule has 360 valence electrons. The second kappa shape index (κ2) is 24.8. The first-order valence-electron chi connectivity index (χ1n) is 23.3. The van der Waals surface area contributed by atoms with Crippen LogP contribution in [0.15, 0.2) is 0 Å². The second-order valence-electron chi connectivity index (χ2n) is 26.3. The summed E-state index contributed by atoms with van der Waals surface area (Å²) in [6, 6.07) is 0. The maximum Gasteiger partial charge on any atom is 0.307 e. The van der Waals surface area contributed by atoms with Crippen molar-refractivity contribution in [3.05, 3.63) is 0 Å². The van der Waals surface area contributed by atoms with Crippen molar-refractivity contribution < 1.29 is 38.1 Å². The minimum Gasteiger partial charge on any atom is -0.465 e. The van der Waals surface area contributed by atoms with Crippen molar-refractivity contribution in [2.24, 2.45) is 43.3 Å². The molecule has 0 radical (unpaired) electrons. The lowest BCUT2D eigenvalue weighted by Gasteiger charge is -2.32. The predicted octanol–water partition coefficient (Wildman–Crippen LogP) is 11.6. The molecule has 0 bridgehead atoms. The zero-order valence-corrected chi connectivity index (χ0v) is 43.6. The molecule has 0 aliphatic carbocycles. The highest BCUT2D eigenvalue weighted by atomic mass is 16.5. The summed E-state index contributed by atoms with van der Waals surface area (Å²) < 4.78 is 23.1. The smallest absolute Gasteiger partial charge is 0.307 e. The SMILES string of the molecule is CC(C)(C)CC(C)(C)COC(=O)CCN(CCCN(CCC(=O)OCC(C)(C)CC(C)(C)C)CCC(=O)OCC(C)(C)CC(C)(C)C)CCC(=O)OCC(C)(C)CC(C)(C)C. The zero-order valence-electron chi connectivity index (χ0n) is 43.6. The zero-order chi connectivity index (χ0) is 47.7. The molecule has 0 aromatic heterocycles. The molecular weight excluding hydrogens is 769 g/mol. The number of carbonyl (C=O) groups excluding carboxylic acids is 4. The van der Waals surface area contributed by atoms with Gasteiger partial charge < -0.3 is 28.7 Å². The standard InChI is InChI=1S/C51H98N2O8/c1-44(2,3)32-48(13,14)36-58-40(54)22-28-52(29-23-41(55)59-37-49(15,16)33-45(4,5)6)26-21-27-53(30-24-42(56)60-38-50(17,18)34-46(7,8)9)31-25-43(57)61-39-51(19,20)35-47(10,11)12/h21-39H2,1-20H3. The van der Waals surface area contributed by atoms with E-state index in [2.05, 4.69) is 148 Å². The summed E-state index contributed by atoms with van der Waals surface area (Å²) in [5.41, 5.74) is -0.129. The Morgan fingerprint density at radius 3 is 0.656 bits per heavy atom. The highest BCUT2D eigenvalue weighted by Gasteiger charge is 2.30. The number of esters is 4. The fourth-order valence-corrected chi connectivity index (χ4v) is 9.53. The lowest BCUT2D eigenvalue weighted by atomic mass is 9.77. The van der Waals surface area contributed by atoms with Crippen molar-refractivity contribution in [1.82, 2.24) is 9.80 Å². The first kappa shape index (κ1) is 58.8. The van der Waals surface area contributed by atoms with Crippen LogP contribution in [-0.2, 0) is 38.1 Å². The largest absolute Gasteiger partial charge is 0.465 e. The first-order chi connectivity index (χ1) is 27.3. The Hall–Kier alpha value is -2.20.